The standard InChI is InChI=1S/C14H25NO5/c1-5-19-12(17)11-7-6-10(8-9-16)15(11)13(18)20-14(2,3)4/h10-11,16H,5-9H2,1-4H3. The molecule has 0 spiro atoms. The Hall–Kier alpha value is -1.30. The van der Waals surface area contributed by atoms with Gasteiger partial charge in [0.15, 0.2) is 0 Å². The fourth-order valence-electron chi connectivity index (χ4n) is 2.38. The van der Waals surface area contributed by atoms with E-state index in [9.17, 15) is 9.59 Å². The third kappa shape index (κ3) is 4.37. The molecule has 0 bridgehead atoms. The molecule has 116 valence electrons. The molecule has 6 nitrogen and oxygen atoms in total. The molecule has 1 fully saturated rings. The van der Waals surface area contributed by atoms with Crippen molar-refractivity contribution in [2.75, 3.05) is 13.2 Å². The highest BCUT2D eigenvalue weighted by molar-refractivity contribution is 5.82. The Bertz CT molecular complexity index is 350. The topological polar surface area (TPSA) is 76.1 Å². The fraction of sp³-hybridized carbons (Fsp3) is 0.857. The van der Waals surface area contributed by atoms with Gasteiger partial charge in [0.25, 0.3) is 0 Å². The van der Waals surface area contributed by atoms with E-state index in [1.165, 1.54) is 4.90 Å². The van der Waals surface area contributed by atoms with Crippen LogP contribution in [0.25, 0.3) is 0 Å². The van der Waals surface area contributed by atoms with E-state index in [1.807, 2.05) is 0 Å². The number of amides is 1. The van der Waals surface area contributed by atoms with E-state index >= 15 is 0 Å². The molecule has 1 heterocycles. The maximum Gasteiger partial charge on any atom is 0.411 e. The average Bonchev–Trinajstić information content (AvgIpc) is 2.71. The molecule has 1 amide bonds. The summed E-state index contributed by atoms with van der Waals surface area (Å²) in [5.74, 6) is -0.404. The molecule has 1 N–H and O–H groups in total. The van der Waals surface area contributed by atoms with Gasteiger partial charge < -0.3 is 14.6 Å². The number of nitrogens with zero attached hydrogens (tertiary/aromatic N) is 1. The summed E-state index contributed by atoms with van der Waals surface area (Å²) in [5.41, 5.74) is -0.622. The van der Waals surface area contributed by atoms with Crippen LogP contribution in [-0.2, 0) is 14.3 Å². The first kappa shape index (κ1) is 16.8. The first-order chi connectivity index (χ1) is 9.30. The molecule has 1 aliphatic rings. The number of hydrogen-bond donors (Lipinski definition) is 1. The average molecular weight is 287 g/mol. The number of carbonyl (C=O) groups excluding carboxylic acids is 2. The Kier molecular flexibility index (Phi) is 5.80. The zero-order valence-corrected chi connectivity index (χ0v) is 12.7. The van der Waals surface area contributed by atoms with Crippen LogP contribution >= 0.6 is 0 Å². The highest BCUT2D eigenvalue weighted by Gasteiger charge is 2.43. The highest BCUT2D eigenvalue weighted by atomic mass is 16.6. The second kappa shape index (κ2) is 6.92. The molecule has 1 rings (SSSR count). The van der Waals surface area contributed by atoms with Crippen molar-refractivity contribution in [2.24, 2.45) is 0 Å². The summed E-state index contributed by atoms with van der Waals surface area (Å²) in [6, 6.07) is -0.786. The number of esters is 1. The van der Waals surface area contributed by atoms with Crippen molar-refractivity contribution >= 4 is 12.1 Å². The summed E-state index contributed by atoms with van der Waals surface area (Å²) >= 11 is 0. The SMILES string of the molecule is CCOC(=O)C1CCC(CCO)N1C(=O)OC(C)(C)C. The van der Waals surface area contributed by atoms with Gasteiger partial charge in [-0.15, -0.1) is 0 Å². The molecular weight excluding hydrogens is 262 g/mol. The van der Waals surface area contributed by atoms with E-state index < -0.39 is 23.7 Å². The fourth-order valence-corrected chi connectivity index (χ4v) is 2.38. The minimum Gasteiger partial charge on any atom is -0.464 e. The molecule has 20 heavy (non-hydrogen) atoms. The maximum atomic E-state index is 12.3. The van der Waals surface area contributed by atoms with E-state index in [0.717, 1.165) is 0 Å². The Morgan fingerprint density at radius 1 is 1.30 bits per heavy atom. The number of likely N-dealkylation sites (tertiary alicyclic amines) is 1. The predicted octanol–water partition coefficient (Wildman–Crippen LogP) is 1.70. The first-order valence-electron chi connectivity index (χ1n) is 7.09. The molecule has 0 aromatic carbocycles. The van der Waals surface area contributed by atoms with Crippen molar-refractivity contribution in [2.45, 2.75) is 64.6 Å². The van der Waals surface area contributed by atoms with Crippen LogP contribution in [0.15, 0.2) is 0 Å². The van der Waals surface area contributed by atoms with Crippen LogP contribution in [0, 0.1) is 0 Å². The molecule has 2 unspecified atom stereocenters. The molecule has 1 aliphatic heterocycles. The number of hydrogen-bond acceptors (Lipinski definition) is 5. The van der Waals surface area contributed by atoms with Gasteiger partial charge in [0.1, 0.15) is 11.6 Å². The second-order valence-electron chi connectivity index (χ2n) is 5.90. The summed E-state index contributed by atoms with van der Waals surface area (Å²) in [5, 5.41) is 9.09. The molecular formula is C14H25NO5. The van der Waals surface area contributed by atoms with Gasteiger partial charge in [-0.25, -0.2) is 9.59 Å². The van der Waals surface area contributed by atoms with Crippen LogP contribution in [0.4, 0.5) is 4.79 Å². The second-order valence-corrected chi connectivity index (χ2v) is 5.90. The largest absolute Gasteiger partial charge is 0.464 e. The summed E-state index contributed by atoms with van der Waals surface area (Å²) in [4.78, 5) is 25.7. The minimum atomic E-state index is -0.622. The van der Waals surface area contributed by atoms with Crippen molar-refractivity contribution in [3.8, 4) is 0 Å². The quantitative estimate of drug-likeness (QED) is 0.796. The molecule has 2 atom stereocenters. The first-order valence-corrected chi connectivity index (χ1v) is 7.09. The minimum absolute atomic E-state index is 0.0283. The van der Waals surface area contributed by atoms with Crippen molar-refractivity contribution < 1.29 is 24.2 Å². The third-order valence-corrected chi connectivity index (χ3v) is 3.13. The van der Waals surface area contributed by atoms with Crippen LogP contribution < -0.4 is 0 Å². The Balaban J connectivity index is 2.85. The normalized spacial score (nSPS) is 22.8. The van der Waals surface area contributed by atoms with Crippen molar-refractivity contribution in [1.29, 1.82) is 0 Å². The highest BCUT2D eigenvalue weighted by Crippen LogP contribution is 2.29. The van der Waals surface area contributed by atoms with Gasteiger partial charge in [-0.3, -0.25) is 4.90 Å². The Morgan fingerprint density at radius 3 is 2.45 bits per heavy atom. The number of aliphatic hydroxyl groups excluding tert-OH is 1. The number of ether oxygens (including phenoxy) is 2. The maximum absolute atomic E-state index is 12.3. The molecule has 0 aliphatic carbocycles. The van der Waals surface area contributed by atoms with E-state index in [1.54, 1.807) is 27.7 Å². The third-order valence-electron chi connectivity index (χ3n) is 3.13. The molecule has 0 saturated carbocycles. The number of rotatable bonds is 4. The Labute approximate surface area is 120 Å². The molecule has 0 aromatic heterocycles. The van der Waals surface area contributed by atoms with Gasteiger partial charge in [-0.2, -0.15) is 0 Å². The number of aliphatic hydroxyl groups is 1. The van der Waals surface area contributed by atoms with E-state index in [0.29, 0.717) is 19.3 Å². The zero-order chi connectivity index (χ0) is 15.3. The van der Waals surface area contributed by atoms with E-state index in [2.05, 4.69) is 0 Å². The molecule has 0 radical (unpaired) electrons. The van der Waals surface area contributed by atoms with Crippen LogP contribution in [-0.4, -0.2) is 53.0 Å². The summed E-state index contributed by atoms with van der Waals surface area (Å²) < 4.78 is 10.4. The number of carbonyl (C=O) groups is 2. The van der Waals surface area contributed by atoms with Gasteiger partial charge in [-0.05, 0) is 47.0 Å². The Morgan fingerprint density at radius 2 is 1.95 bits per heavy atom. The lowest BCUT2D eigenvalue weighted by molar-refractivity contribution is -0.148. The van der Waals surface area contributed by atoms with Gasteiger partial charge >= 0.3 is 12.1 Å². The van der Waals surface area contributed by atoms with Crippen LogP contribution in [0.3, 0.4) is 0 Å². The van der Waals surface area contributed by atoms with E-state index in [-0.39, 0.29) is 19.3 Å². The van der Waals surface area contributed by atoms with Crippen molar-refractivity contribution in [1.82, 2.24) is 4.90 Å². The lowest BCUT2D eigenvalue weighted by Crippen LogP contribution is -2.48. The van der Waals surface area contributed by atoms with Crippen molar-refractivity contribution in [3.63, 3.8) is 0 Å². The smallest absolute Gasteiger partial charge is 0.411 e. The summed E-state index contributed by atoms with van der Waals surface area (Å²) in [6.45, 7) is 7.32. The van der Waals surface area contributed by atoms with Crippen LogP contribution in [0.2, 0.25) is 0 Å². The molecule has 1 saturated heterocycles. The van der Waals surface area contributed by atoms with Gasteiger partial charge in [-0.1, -0.05) is 0 Å². The van der Waals surface area contributed by atoms with Gasteiger partial charge in [0.05, 0.1) is 6.61 Å². The summed E-state index contributed by atoms with van der Waals surface area (Å²) in [6.07, 6.45) is 1.13. The van der Waals surface area contributed by atoms with Gasteiger partial charge in [0, 0.05) is 12.6 Å². The monoisotopic (exact) mass is 287 g/mol. The zero-order valence-electron chi connectivity index (χ0n) is 12.7. The van der Waals surface area contributed by atoms with E-state index in [4.69, 9.17) is 14.6 Å². The predicted molar refractivity (Wildman–Crippen MR) is 73.2 cm³/mol. The molecule has 0 aromatic rings. The van der Waals surface area contributed by atoms with Crippen LogP contribution in [0.5, 0.6) is 0 Å². The summed E-state index contributed by atoms with van der Waals surface area (Å²) in [7, 11) is 0. The van der Waals surface area contributed by atoms with Crippen LogP contribution in [0.1, 0.15) is 47.0 Å². The lowest BCUT2D eigenvalue weighted by Gasteiger charge is -2.31. The van der Waals surface area contributed by atoms with Gasteiger partial charge in [0.2, 0.25) is 0 Å². The lowest BCUT2D eigenvalue weighted by atomic mass is 10.1. The van der Waals surface area contributed by atoms with Crippen molar-refractivity contribution in [3.05, 3.63) is 0 Å². The molecule has 6 heteroatoms.